The number of carbonyl (C=O) groups excluding carboxylic acids is 3. The molecular formula is C24H30N2O6. The molecule has 0 heterocycles. The van der Waals surface area contributed by atoms with E-state index < -0.39 is 17.8 Å². The number of aryl methyl sites for hydroxylation is 1. The first-order valence-electron chi connectivity index (χ1n) is 10.5. The Morgan fingerprint density at radius 1 is 0.906 bits per heavy atom. The summed E-state index contributed by atoms with van der Waals surface area (Å²) in [6.45, 7) is 7.77. The molecule has 0 unspecified atom stereocenters. The highest BCUT2D eigenvalue weighted by atomic mass is 16.5. The molecule has 2 rings (SSSR count). The van der Waals surface area contributed by atoms with Crippen LogP contribution >= 0.6 is 0 Å². The van der Waals surface area contributed by atoms with Crippen molar-refractivity contribution in [1.82, 2.24) is 10.9 Å². The molecule has 0 saturated heterocycles. The number of nitrogens with one attached hydrogen (secondary N) is 2. The van der Waals surface area contributed by atoms with Crippen molar-refractivity contribution >= 4 is 17.8 Å². The summed E-state index contributed by atoms with van der Waals surface area (Å²) in [5, 5.41) is 0. The summed E-state index contributed by atoms with van der Waals surface area (Å²) in [5.74, 6) is -0.143. The largest absolute Gasteiger partial charge is 0.484 e. The van der Waals surface area contributed by atoms with E-state index in [-0.39, 0.29) is 19.1 Å². The van der Waals surface area contributed by atoms with Gasteiger partial charge in [-0.3, -0.25) is 20.4 Å². The van der Waals surface area contributed by atoms with Gasteiger partial charge < -0.3 is 14.2 Å². The van der Waals surface area contributed by atoms with Gasteiger partial charge in [0.2, 0.25) is 0 Å². The second kappa shape index (κ2) is 12.3. The van der Waals surface area contributed by atoms with Crippen molar-refractivity contribution in [3.05, 3.63) is 59.2 Å². The van der Waals surface area contributed by atoms with Gasteiger partial charge in [0, 0.05) is 0 Å². The van der Waals surface area contributed by atoms with Gasteiger partial charge in [-0.05, 0) is 60.7 Å². The molecule has 0 aliphatic rings. The average Bonchev–Trinajstić information content (AvgIpc) is 2.78. The van der Waals surface area contributed by atoms with Crippen LogP contribution in [-0.4, -0.2) is 37.6 Å². The number of hydrazine groups is 1. The predicted octanol–water partition coefficient (Wildman–Crippen LogP) is 3.29. The zero-order valence-electron chi connectivity index (χ0n) is 18.9. The molecular weight excluding hydrogens is 412 g/mol. The second-order valence-corrected chi connectivity index (χ2v) is 7.53. The average molecular weight is 443 g/mol. The lowest BCUT2D eigenvalue weighted by atomic mass is 10.0. The Morgan fingerprint density at radius 3 is 2.12 bits per heavy atom. The summed E-state index contributed by atoms with van der Waals surface area (Å²) in [4.78, 5) is 35.7. The van der Waals surface area contributed by atoms with E-state index in [4.69, 9.17) is 14.2 Å². The van der Waals surface area contributed by atoms with E-state index in [1.807, 2.05) is 45.9 Å². The van der Waals surface area contributed by atoms with Crippen LogP contribution in [0.5, 0.6) is 11.5 Å². The van der Waals surface area contributed by atoms with Crippen molar-refractivity contribution in [2.75, 3.05) is 19.8 Å². The minimum Gasteiger partial charge on any atom is -0.484 e. The maximum atomic E-state index is 12.0. The molecule has 0 spiro atoms. The van der Waals surface area contributed by atoms with Crippen molar-refractivity contribution in [3.63, 3.8) is 0 Å². The number of ether oxygens (including phenoxy) is 3. The van der Waals surface area contributed by atoms with Crippen LogP contribution in [0.2, 0.25) is 0 Å². The molecule has 0 aliphatic heterocycles. The fourth-order valence-electron chi connectivity index (χ4n) is 2.71. The van der Waals surface area contributed by atoms with Crippen LogP contribution in [0.15, 0.2) is 42.5 Å². The Labute approximate surface area is 188 Å². The van der Waals surface area contributed by atoms with Gasteiger partial charge in [0.15, 0.2) is 13.2 Å². The third kappa shape index (κ3) is 7.94. The van der Waals surface area contributed by atoms with Gasteiger partial charge in [-0.25, -0.2) is 4.79 Å². The smallest absolute Gasteiger partial charge is 0.338 e. The van der Waals surface area contributed by atoms with E-state index in [0.717, 1.165) is 17.5 Å². The lowest BCUT2D eigenvalue weighted by molar-refractivity contribution is -0.131. The zero-order chi connectivity index (χ0) is 23.5. The van der Waals surface area contributed by atoms with Crippen LogP contribution in [0, 0.1) is 6.92 Å². The summed E-state index contributed by atoms with van der Waals surface area (Å²) in [6, 6.07) is 12.1. The van der Waals surface area contributed by atoms with Crippen molar-refractivity contribution in [1.29, 1.82) is 0 Å². The zero-order valence-corrected chi connectivity index (χ0v) is 18.9. The van der Waals surface area contributed by atoms with E-state index >= 15 is 0 Å². The van der Waals surface area contributed by atoms with Crippen LogP contribution in [0.4, 0.5) is 0 Å². The lowest BCUT2D eigenvalue weighted by Gasteiger charge is -2.15. The van der Waals surface area contributed by atoms with E-state index in [2.05, 4.69) is 10.9 Å². The maximum absolute atomic E-state index is 12.0. The number of carbonyl (C=O) groups is 3. The first kappa shape index (κ1) is 24.7. The Morgan fingerprint density at radius 2 is 1.53 bits per heavy atom. The Bertz CT molecular complexity index is 925. The fraction of sp³-hybridized carbons (Fsp3) is 0.375. The molecule has 0 saturated carbocycles. The second-order valence-electron chi connectivity index (χ2n) is 7.53. The quantitative estimate of drug-likeness (QED) is 0.432. The Balaban J connectivity index is 1.73. The molecule has 0 atom stereocenters. The van der Waals surface area contributed by atoms with Crippen molar-refractivity contribution < 1.29 is 28.6 Å². The molecule has 0 bridgehead atoms. The molecule has 2 N–H and O–H groups in total. The van der Waals surface area contributed by atoms with Crippen LogP contribution in [-0.2, 0) is 14.3 Å². The molecule has 0 aliphatic carbocycles. The SMILES string of the molecule is CCCOC(=O)c1ccc(OCC(=O)NNC(=O)COc2cc(C)ccc2C(C)C)cc1. The van der Waals surface area contributed by atoms with Gasteiger partial charge in [0.1, 0.15) is 11.5 Å². The van der Waals surface area contributed by atoms with Crippen molar-refractivity contribution in [3.8, 4) is 11.5 Å². The molecule has 2 aromatic carbocycles. The van der Waals surface area contributed by atoms with Gasteiger partial charge in [-0.2, -0.15) is 0 Å². The Hall–Kier alpha value is -3.55. The van der Waals surface area contributed by atoms with E-state index in [0.29, 0.717) is 23.7 Å². The lowest BCUT2D eigenvalue weighted by Crippen LogP contribution is -2.45. The number of amides is 2. The maximum Gasteiger partial charge on any atom is 0.338 e. The van der Waals surface area contributed by atoms with E-state index in [1.165, 1.54) is 0 Å². The minimum atomic E-state index is -0.539. The summed E-state index contributed by atoms with van der Waals surface area (Å²) in [7, 11) is 0. The first-order valence-corrected chi connectivity index (χ1v) is 10.5. The normalized spacial score (nSPS) is 10.4. The highest BCUT2D eigenvalue weighted by Gasteiger charge is 2.12. The van der Waals surface area contributed by atoms with Gasteiger partial charge in [0.25, 0.3) is 11.8 Å². The van der Waals surface area contributed by atoms with Gasteiger partial charge >= 0.3 is 5.97 Å². The van der Waals surface area contributed by atoms with Crippen LogP contribution in [0.3, 0.4) is 0 Å². The fourth-order valence-corrected chi connectivity index (χ4v) is 2.71. The molecule has 8 heteroatoms. The molecule has 0 fully saturated rings. The highest BCUT2D eigenvalue weighted by Crippen LogP contribution is 2.27. The number of rotatable bonds is 10. The van der Waals surface area contributed by atoms with Crippen LogP contribution in [0.1, 0.15) is 54.6 Å². The Kier molecular flexibility index (Phi) is 9.53. The van der Waals surface area contributed by atoms with Crippen molar-refractivity contribution in [2.24, 2.45) is 0 Å². The van der Waals surface area contributed by atoms with Crippen LogP contribution in [0.25, 0.3) is 0 Å². The molecule has 8 nitrogen and oxygen atoms in total. The van der Waals surface area contributed by atoms with Gasteiger partial charge in [0.05, 0.1) is 12.2 Å². The molecule has 2 aromatic rings. The number of hydrogen-bond acceptors (Lipinski definition) is 6. The summed E-state index contributed by atoms with van der Waals surface area (Å²) in [6.07, 6.45) is 0.746. The molecule has 32 heavy (non-hydrogen) atoms. The molecule has 0 aromatic heterocycles. The number of benzene rings is 2. The summed E-state index contributed by atoms with van der Waals surface area (Å²) < 4.78 is 16.0. The summed E-state index contributed by atoms with van der Waals surface area (Å²) in [5.41, 5.74) is 7.00. The minimum absolute atomic E-state index is 0.236. The summed E-state index contributed by atoms with van der Waals surface area (Å²) >= 11 is 0. The standard InChI is InChI=1S/C24H30N2O6/c1-5-12-30-24(29)18-7-9-19(10-8-18)31-14-22(27)25-26-23(28)15-32-21-13-17(4)6-11-20(21)16(2)3/h6-11,13,16H,5,12,14-15H2,1-4H3,(H,25,27)(H,26,28). The third-order valence-corrected chi connectivity index (χ3v) is 4.39. The highest BCUT2D eigenvalue weighted by molar-refractivity contribution is 5.89. The molecule has 0 radical (unpaired) electrons. The van der Waals surface area contributed by atoms with Crippen LogP contribution < -0.4 is 20.3 Å². The third-order valence-electron chi connectivity index (χ3n) is 4.39. The number of esters is 1. The van der Waals surface area contributed by atoms with Gasteiger partial charge in [-0.1, -0.05) is 32.9 Å². The van der Waals surface area contributed by atoms with E-state index in [9.17, 15) is 14.4 Å². The number of hydrogen-bond donors (Lipinski definition) is 2. The van der Waals surface area contributed by atoms with Crippen molar-refractivity contribution in [2.45, 2.75) is 40.0 Å². The molecule has 2 amide bonds. The van der Waals surface area contributed by atoms with E-state index in [1.54, 1.807) is 24.3 Å². The monoisotopic (exact) mass is 442 g/mol. The first-order chi connectivity index (χ1) is 15.3. The molecule has 172 valence electrons. The van der Waals surface area contributed by atoms with Gasteiger partial charge in [-0.15, -0.1) is 0 Å². The predicted molar refractivity (Wildman–Crippen MR) is 120 cm³/mol. The topological polar surface area (TPSA) is 103 Å².